The van der Waals surface area contributed by atoms with Crippen molar-refractivity contribution in [1.82, 2.24) is 0 Å². The number of fused-ring (bicyclic) bond motifs is 1. The normalized spacial score (nSPS) is 38.4. The Hall–Kier alpha value is -1.06. The monoisotopic (exact) mass is 426 g/mol. The van der Waals surface area contributed by atoms with Crippen molar-refractivity contribution in [2.75, 3.05) is 0 Å². The van der Waals surface area contributed by atoms with Crippen molar-refractivity contribution in [2.45, 2.75) is 90.1 Å². The summed E-state index contributed by atoms with van der Waals surface area (Å²) in [7, 11) is 0. The second-order valence-corrected chi connectivity index (χ2v) is 11.0. The summed E-state index contributed by atoms with van der Waals surface area (Å²) in [6.45, 7) is 6.50. The highest BCUT2D eigenvalue weighted by Gasteiger charge is 2.49. The number of thiol groups is 1. The van der Waals surface area contributed by atoms with Crippen molar-refractivity contribution in [1.29, 1.82) is 0 Å². The molecule has 4 aliphatic rings. The van der Waals surface area contributed by atoms with E-state index >= 15 is 0 Å². The maximum Gasteiger partial charge on any atom is 0.192 e. The zero-order valence-electron chi connectivity index (χ0n) is 18.5. The van der Waals surface area contributed by atoms with Crippen LogP contribution in [0.5, 0.6) is 0 Å². The second-order valence-electron chi connectivity index (χ2n) is 10.6. The molecule has 0 saturated heterocycles. The van der Waals surface area contributed by atoms with Gasteiger partial charge in [-0.3, -0.25) is 4.79 Å². The second kappa shape index (κ2) is 8.82. The lowest BCUT2D eigenvalue weighted by Crippen LogP contribution is -2.33. The standard InChI is InChI=1S/C27H38O2S/c1-19-8-9-20(18-24(19)28)10-11-21-6-5-14-26(2)22(12-13-23(21)26)7-3-4-15-27(16-17-27)25(29)30/h3-4,10-11,22-24,28H,1,5-9,12-18H2,2H3,(H,29,30)/b4-3+,20-10-,21-11+. The third kappa shape index (κ3) is 4.43. The zero-order chi connectivity index (χ0) is 21.4. The maximum atomic E-state index is 11.7. The fourth-order valence-electron chi connectivity index (χ4n) is 6.32. The van der Waals surface area contributed by atoms with Gasteiger partial charge < -0.3 is 5.11 Å². The predicted octanol–water partition coefficient (Wildman–Crippen LogP) is 6.73. The van der Waals surface area contributed by atoms with Crippen molar-refractivity contribution >= 4 is 17.7 Å². The van der Waals surface area contributed by atoms with Gasteiger partial charge in [-0.1, -0.05) is 49.0 Å². The summed E-state index contributed by atoms with van der Waals surface area (Å²) in [6, 6.07) is 0. The van der Waals surface area contributed by atoms with Crippen LogP contribution < -0.4 is 0 Å². The molecule has 164 valence electrons. The average molecular weight is 427 g/mol. The summed E-state index contributed by atoms with van der Waals surface area (Å²) in [5.41, 5.74) is 4.28. The molecule has 0 amide bonds. The average Bonchev–Trinajstić information content (AvgIpc) is 3.43. The molecule has 0 aliphatic heterocycles. The van der Waals surface area contributed by atoms with Crippen LogP contribution in [0.4, 0.5) is 0 Å². The zero-order valence-corrected chi connectivity index (χ0v) is 19.4. The molecule has 2 nitrogen and oxygen atoms in total. The van der Waals surface area contributed by atoms with Crippen LogP contribution >= 0.6 is 12.6 Å². The predicted molar refractivity (Wildman–Crippen MR) is 127 cm³/mol. The fourth-order valence-corrected chi connectivity index (χ4v) is 6.63. The van der Waals surface area contributed by atoms with E-state index in [9.17, 15) is 9.90 Å². The van der Waals surface area contributed by atoms with Crippen molar-refractivity contribution < 1.29 is 9.90 Å². The number of aliphatic hydroxyl groups excluding tert-OH is 1. The quantitative estimate of drug-likeness (QED) is 0.365. The number of hydrogen-bond donors (Lipinski definition) is 2. The topological polar surface area (TPSA) is 37.3 Å². The van der Waals surface area contributed by atoms with Gasteiger partial charge in [0.2, 0.25) is 0 Å². The van der Waals surface area contributed by atoms with Gasteiger partial charge in [-0.2, -0.15) is 0 Å². The molecule has 4 rings (SSSR count). The van der Waals surface area contributed by atoms with E-state index < -0.39 is 0 Å². The van der Waals surface area contributed by atoms with Crippen LogP contribution in [0.3, 0.4) is 0 Å². The molecule has 0 bridgehead atoms. The van der Waals surface area contributed by atoms with Crippen LogP contribution in [0, 0.1) is 22.7 Å². The van der Waals surface area contributed by atoms with E-state index in [2.05, 4.69) is 50.4 Å². The molecule has 0 spiro atoms. The molecular weight excluding hydrogens is 388 g/mol. The van der Waals surface area contributed by atoms with Crippen LogP contribution in [0.25, 0.3) is 0 Å². The molecule has 4 atom stereocenters. The van der Waals surface area contributed by atoms with Crippen molar-refractivity contribution in [3.63, 3.8) is 0 Å². The third-order valence-corrected chi connectivity index (χ3v) is 9.27. The molecule has 3 heteroatoms. The van der Waals surface area contributed by atoms with Crippen molar-refractivity contribution in [3.05, 3.63) is 47.6 Å². The van der Waals surface area contributed by atoms with E-state index in [1.165, 1.54) is 37.7 Å². The van der Waals surface area contributed by atoms with E-state index in [-0.39, 0.29) is 16.6 Å². The number of aliphatic hydroxyl groups is 1. The first-order valence-electron chi connectivity index (χ1n) is 12.0. The molecule has 4 saturated carbocycles. The highest BCUT2D eigenvalue weighted by Crippen LogP contribution is 2.58. The van der Waals surface area contributed by atoms with Gasteiger partial charge in [-0.25, -0.2) is 0 Å². The highest BCUT2D eigenvalue weighted by molar-refractivity contribution is 7.96. The summed E-state index contributed by atoms with van der Waals surface area (Å²) >= 11 is 4.08. The number of allylic oxidation sites excluding steroid dienone is 5. The van der Waals surface area contributed by atoms with Crippen LogP contribution in [-0.4, -0.2) is 16.3 Å². The largest absolute Gasteiger partial charge is 0.388 e. The van der Waals surface area contributed by atoms with E-state index in [0.717, 1.165) is 56.4 Å². The minimum Gasteiger partial charge on any atom is -0.388 e. The van der Waals surface area contributed by atoms with Crippen LogP contribution in [0.2, 0.25) is 0 Å². The molecule has 0 radical (unpaired) electrons. The van der Waals surface area contributed by atoms with Crippen LogP contribution in [0.1, 0.15) is 84.0 Å². The minimum atomic E-state index is -0.352. The van der Waals surface area contributed by atoms with Crippen LogP contribution in [-0.2, 0) is 4.79 Å². The molecule has 4 aliphatic carbocycles. The Morgan fingerprint density at radius 1 is 1.17 bits per heavy atom. The minimum absolute atomic E-state index is 0.0750. The molecule has 0 aromatic rings. The molecule has 1 N–H and O–H groups in total. The Bertz CT molecular complexity index is 785. The summed E-state index contributed by atoms with van der Waals surface area (Å²) in [4.78, 5) is 11.7. The van der Waals surface area contributed by atoms with Crippen molar-refractivity contribution in [2.24, 2.45) is 22.7 Å². The molecule has 30 heavy (non-hydrogen) atoms. The van der Waals surface area contributed by atoms with Gasteiger partial charge in [0.15, 0.2) is 5.12 Å². The van der Waals surface area contributed by atoms with Gasteiger partial charge in [-0.15, -0.1) is 12.6 Å². The first kappa shape index (κ1) is 22.1. The lowest BCUT2D eigenvalue weighted by Gasteiger charge is -2.42. The first-order chi connectivity index (χ1) is 14.3. The lowest BCUT2D eigenvalue weighted by atomic mass is 9.63. The van der Waals surface area contributed by atoms with E-state index in [1.807, 2.05) is 0 Å². The summed E-state index contributed by atoms with van der Waals surface area (Å²) < 4.78 is 0. The highest BCUT2D eigenvalue weighted by atomic mass is 32.1. The molecule has 0 aromatic carbocycles. The molecule has 4 unspecified atom stereocenters. The van der Waals surface area contributed by atoms with Gasteiger partial charge in [-0.05, 0) is 99.9 Å². The molecular formula is C27H38O2S. The van der Waals surface area contributed by atoms with E-state index in [0.29, 0.717) is 11.3 Å². The molecule has 4 fully saturated rings. The summed E-state index contributed by atoms with van der Waals surface area (Å²) in [5, 5.41) is 10.2. The number of carbonyl (C=O) groups is 1. The van der Waals surface area contributed by atoms with E-state index in [4.69, 9.17) is 0 Å². The lowest BCUT2D eigenvalue weighted by molar-refractivity contribution is -0.115. The number of hydrogen-bond acceptors (Lipinski definition) is 2. The summed E-state index contributed by atoms with van der Waals surface area (Å²) in [5.74, 6) is 1.45. The Labute approximate surface area is 188 Å². The van der Waals surface area contributed by atoms with Gasteiger partial charge in [0.25, 0.3) is 0 Å². The van der Waals surface area contributed by atoms with E-state index in [1.54, 1.807) is 5.57 Å². The van der Waals surface area contributed by atoms with Gasteiger partial charge >= 0.3 is 0 Å². The Kier molecular flexibility index (Phi) is 6.51. The smallest absolute Gasteiger partial charge is 0.192 e. The maximum absolute atomic E-state index is 11.7. The Morgan fingerprint density at radius 3 is 2.67 bits per heavy atom. The first-order valence-corrected chi connectivity index (χ1v) is 12.4. The Morgan fingerprint density at radius 2 is 1.97 bits per heavy atom. The SMILES string of the molecule is C=C1CC/C(=C/C=C2\CCCC3(C)C(C/C=C/CC4(C(=O)S)CC4)CCC23)CC1O. The molecule has 0 aromatic heterocycles. The Balaban J connectivity index is 1.38. The van der Waals surface area contributed by atoms with Crippen LogP contribution in [0.15, 0.2) is 47.6 Å². The summed E-state index contributed by atoms with van der Waals surface area (Å²) in [6.07, 6.45) is 22.2. The fraction of sp³-hybridized carbons (Fsp3) is 0.667. The van der Waals surface area contributed by atoms with Gasteiger partial charge in [0, 0.05) is 5.41 Å². The van der Waals surface area contributed by atoms with Crippen molar-refractivity contribution in [3.8, 4) is 0 Å². The number of rotatable bonds is 6. The third-order valence-electron chi connectivity index (χ3n) is 8.79. The van der Waals surface area contributed by atoms with Gasteiger partial charge in [0.05, 0.1) is 6.10 Å². The van der Waals surface area contributed by atoms with Gasteiger partial charge in [0.1, 0.15) is 0 Å². The molecule has 0 heterocycles. The number of carbonyl (C=O) groups excluding carboxylic acids is 1.